The smallest absolute Gasteiger partial charge is 0.0948 e. The zero-order valence-corrected chi connectivity index (χ0v) is 8.87. The molecule has 1 aliphatic carbocycles. The van der Waals surface area contributed by atoms with Crippen LogP contribution >= 0.6 is 0 Å². The van der Waals surface area contributed by atoms with Gasteiger partial charge in [0.15, 0.2) is 0 Å². The summed E-state index contributed by atoms with van der Waals surface area (Å²) in [6.45, 7) is 3.98. The van der Waals surface area contributed by atoms with Crippen LogP contribution in [0.1, 0.15) is 38.3 Å². The Labute approximate surface area is 85.3 Å². The molecule has 2 rings (SSSR count). The molecule has 1 fully saturated rings. The van der Waals surface area contributed by atoms with Gasteiger partial charge in [-0.3, -0.25) is 0 Å². The van der Waals surface area contributed by atoms with Crippen molar-refractivity contribution in [2.45, 2.75) is 45.7 Å². The molecule has 0 atom stereocenters. The normalized spacial score (nSPS) is 18.4. The van der Waals surface area contributed by atoms with Gasteiger partial charge in [0.1, 0.15) is 0 Å². The first-order valence-electron chi connectivity index (χ1n) is 5.49. The lowest BCUT2D eigenvalue weighted by Gasteiger charge is -2.16. The lowest BCUT2D eigenvalue weighted by atomic mass is 10.0. The highest BCUT2D eigenvalue weighted by atomic mass is 15.1. The molecule has 1 aliphatic rings. The Hall–Kier alpha value is -0.830. The topological polar surface area (TPSA) is 43.8 Å². The number of nitrogens with two attached hydrogens (primary N) is 1. The number of hydrogen-bond donors (Lipinski definition) is 1. The Kier molecular flexibility index (Phi) is 2.59. The quantitative estimate of drug-likeness (QED) is 0.776. The van der Waals surface area contributed by atoms with Gasteiger partial charge in [-0.15, -0.1) is 0 Å². The molecule has 1 aromatic heterocycles. The predicted molar refractivity (Wildman–Crippen MR) is 56.7 cm³/mol. The van der Waals surface area contributed by atoms with Crippen molar-refractivity contribution in [1.29, 1.82) is 0 Å². The second-order valence-electron chi connectivity index (χ2n) is 4.47. The van der Waals surface area contributed by atoms with E-state index in [0.717, 1.165) is 12.2 Å². The summed E-state index contributed by atoms with van der Waals surface area (Å²) in [5.41, 5.74) is 7.39. The standard InChI is InChI=1S/C11H19N3/c1-2-3-11(4-5-11)8-14-9-13-7-10(14)6-12/h7,9H,2-6,8,12H2,1H3. The SMILES string of the molecule is CCCC1(Cn2cncc2CN)CC1. The summed E-state index contributed by atoms with van der Waals surface area (Å²) in [5.74, 6) is 0. The lowest BCUT2D eigenvalue weighted by Crippen LogP contribution is -2.14. The van der Waals surface area contributed by atoms with E-state index < -0.39 is 0 Å². The second-order valence-corrected chi connectivity index (χ2v) is 4.47. The number of rotatable bonds is 5. The average molecular weight is 193 g/mol. The van der Waals surface area contributed by atoms with Crippen molar-refractivity contribution in [1.82, 2.24) is 9.55 Å². The van der Waals surface area contributed by atoms with Gasteiger partial charge in [-0.05, 0) is 24.7 Å². The van der Waals surface area contributed by atoms with Crippen LogP contribution in [0, 0.1) is 5.41 Å². The minimum absolute atomic E-state index is 0.583. The van der Waals surface area contributed by atoms with Crippen molar-refractivity contribution in [3.05, 3.63) is 18.2 Å². The van der Waals surface area contributed by atoms with Gasteiger partial charge >= 0.3 is 0 Å². The molecule has 14 heavy (non-hydrogen) atoms. The van der Waals surface area contributed by atoms with E-state index in [9.17, 15) is 0 Å². The first-order chi connectivity index (χ1) is 6.79. The van der Waals surface area contributed by atoms with E-state index in [-0.39, 0.29) is 0 Å². The minimum atomic E-state index is 0.583. The van der Waals surface area contributed by atoms with Crippen LogP contribution in [0.4, 0.5) is 0 Å². The van der Waals surface area contributed by atoms with E-state index in [1.165, 1.54) is 25.7 Å². The van der Waals surface area contributed by atoms with Gasteiger partial charge in [0, 0.05) is 19.3 Å². The molecule has 3 heteroatoms. The number of imidazole rings is 1. The largest absolute Gasteiger partial charge is 0.333 e. The van der Waals surface area contributed by atoms with E-state index in [0.29, 0.717) is 12.0 Å². The summed E-state index contributed by atoms with van der Waals surface area (Å²) in [4.78, 5) is 4.15. The van der Waals surface area contributed by atoms with Gasteiger partial charge in [0.25, 0.3) is 0 Å². The van der Waals surface area contributed by atoms with Gasteiger partial charge in [-0.25, -0.2) is 4.98 Å². The Morgan fingerprint density at radius 3 is 2.93 bits per heavy atom. The summed E-state index contributed by atoms with van der Waals surface area (Å²) < 4.78 is 2.22. The van der Waals surface area contributed by atoms with Crippen molar-refractivity contribution in [3.8, 4) is 0 Å². The number of aromatic nitrogens is 2. The molecule has 1 heterocycles. The highest BCUT2D eigenvalue weighted by Gasteiger charge is 2.41. The van der Waals surface area contributed by atoms with Crippen molar-refractivity contribution >= 4 is 0 Å². The van der Waals surface area contributed by atoms with Crippen LogP contribution in [-0.4, -0.2) is 9.55 Å². The highest BCUT2D eigenvalue weighted by Crippen LogP contribution is 2.51. The summed E-state index contributed by atoms with van der Waals surface area (Å²) in [6, 6.07) is 0. The van der Waals surface area contributed by atoms with E-state index >= 15 is 0 Å². The summed E-state index contributed by atoms with van der Waals surface area (Å²) >= 11 is 0. The van der Waals surface area contributed by atoms with E-state index in [1.807, 2.05) is 12.5 Å². The molecule has 1 aromatic rings. The third-order valence-corrected chi connectivity index (χ3v) is 3.25. The van der Waals surface area contributed by atoms with Crippen LogP contribution in [-0.2, 0) is 13.1 Å². The molecule has 0 aliphatic heterocycles. The van der Waals surface area contributed by atoms with E-state index in [1.54, 1.807) is 0 Å². The molecule has 0 saturated heterocycles. The van der Waals surface area contributed by atoms with Crippen molar-refractivity contribution in [3.63, 3.8) is 0 Å². The third-order valence-electron chi connectivity index (χ3n) is 3.25. The zero-order chi connectivity index (χ0) is 10.0. The second kappa shape index (κ2) is 3.73. The lowest BCUT2D eigenvalue weighted by molar-refractivity contribution is 0.382. The molecule has 0 aromatic carbocycles. The summed E-state index contributed by atoms with van der Waals surface area (Å²) in [7, 11) is 0. The van der Waals surface area contributed by atoms with Crippen LogP contribution in [0.2, 0.25) is 0 Å². The molecular weight excluding hydrogens is 174 g/mol. The molecule has 0 unspecified atom stereocenters. The van der Waals surface area contributed by atoms with Crippen molar-refractivity contribution < 1.29 is 0 Å². The first kappa shape index (κ1) is 9.71. The van der Waals surface area contributed by atoms with E-state index in [2.05, 4.69) is 16.5 Å². The maximum atomic E-state index is 5.65. The molecular formula is C11H19N3. The van der Waals surface area contributed by atoms with Crippen LogP contribution in [0.15, 0.2) is 12.5 Å². The van der Waals surface area contributed by atoms with Gasteiger partial charge in [0.05, 0.1) is 12.0 Å². The first-order valence-corrected chi connectivity index (χ1v) is 5.49. The van der Waals surface area contributed by atoms with Crippen molar-refractivity contribution in [2.24, 2.45) is 11.1 Å². The van der Waals surface area contributed by atoms with Gasteiger partial charge in [-0.2, -0.15) is 0 Å². The van der Waals surface area contributed by atoms with Gasteiger partial charge in [0.2, 0.25) is 0 Å². The highest BCUT2D eigenvalue weighted by molar-refractivity contribution is 5.01. The number of hydrogen-bond acceptors (Lipinski definition) is 2. The average Bonchev–Trinajstić information content (AvgIpc) is 2.79. The molecule has 3 nitrogen and oxygen atoms in total. The number of nitrogens with zero attached hydrogens (tertiary/aromatic N) is 2. The zero-order valence-electron chi connectivity index (χ0n) is 8.87. The third kappa shape index (κ3) is 1.82. The fourth-order valence-corrected chi connectivity index (χ4v) is 2.22. The van der Waals surface area contributed by atoms with Crippen molar-refractivity contribution in [2.75, 3.05) is 0 Å². The predicted octanol–water partition coefficient (Wildman–Crippen LogP) is 1.92. The van der Waals surface area contributed by atoms with Gasteiger partial charge < -0.3 is 10.3 Å². The molecule has 0 spiro atoms. The molecule has 0 radical (unpaired) electrons. The van der Waals surface area contributed by atoms with Crippen LogP contribution < -0.4 is 5.73 Å². The Bertz CT molecular complexity index is 299. The molecule has 1 saturated carbocycles. The maximum Gasteiger partial charge on any atom is 0.0948 e. The molecule has 78 valence electrons. The molecule has 0 bridgehead atoms. The summed E-state index contributed by atoms with van der Waals surface area (Å²) in [6.07, 6.45) is 9.17. The Morgan fingerprint density at radius 2 is 2.36 bits per heavy atom. The Morgan fingerprint density at radius 1 is 1.57 bits per heavy atom. The van der Waals surface area contributed by atoms with Crippen LogP contribution in [0.5, 0.6) is 0 Å². The molecule has 2 N–H and O–H groups in total. The van der Waals surface area contributed by atoms with Gasteiger partial charge in [-0.1, -0.05) is 13.3 Å². The van der Waals surface area contributed by atoms with Crippen LogP contribution in [0.3, 0.4) is 0 Å². The maximum absolute atomic E-state index is 5.65. The minimum Gasteiger partial charge on any atom is -0.333 e. The Balaban J connectivity index is 2.03. The fourth-order valence-electron chi connectivity index (χ4n) is 2.22. The van der Waals surface area contributed by atoms with E-state index in [4.69, 9.17) is 5.73 Å². The monoisotopic (exact) mass is 193 g/mol. The fraction of sp³-hybridized carbons (Fsp3) is 0.727. The van der Waals surface area contributed by atoms with Crippen LogP contribution in [0.25, 0.3) is 0 Å². The summed E-state index contributed by atoms with van der Waals surface area (Å²) in [5, 5.41) is 0. The molecule has 0 amide bonds.